The summed E-state index contributed by atoms with van der Waals surface area (Å²) in [6, 6.07) is 5.70. The Morgan fingerprint density at radius 3 is 2.68 bits per heavy atom. The molecule has 3 rings (SSSR count). The highest BCUT2D eigenvalue weighted by atomic mass is 79.9. The highest BCUT2D eigenvalue weighted by Gasteiger charge is 2.36. The number of carbonyl (C=O) groups excluding carboxylic acids is 3. The van der Waals surface area contributed by atoms with E-state index in [1.54, 1.807) is 24.3 Å². The normalized spacial score (nSPS) is 17.2. The number of nitrogens with one attached hydrogen (secondary N) is 1. The summed E-state index contributed by atoms with van der Waals surface area (Å²) in [6.45, 7) is -0.0653. The molecule has 0 unspecified atom stereocenters. The van der Waals surface area contributed by atoms with E-state index >= 15 is 0 Å². The summed E-state index contributed by atoms with van der Waals surface area (Å²) in [4.78, 5) is 36.9. The van der Waals surface area contributed by atoms with E-state index in [9.17, 15) is 14.4 Å². The summed E-state index contributed by atoms with van der Waals surface area (Å²) in [5.74, 6) is -0.730. The summed E-state index contributed by atoms with van der Waals surface area (Å²) >= 11 is 3.13. The van der Waals surface area contributed by atoms with Gasteiger partial charge in [0.15, 0.2) is 4.67 Å². The fourth-order valence-electron chi connectivity index (χ4n) is 1.94. The maximum Gasteiger partial charge on any atom is 0.331 e. The van der Waals surface area contributed by atoms with Gasteiger partial charge in [0.1, 0.15) is 17.1 Å². The minimum absolute atomic E-state index is 0.0653. The smallest absolute Gasteiger partial charge is 0.331 e. The predicted octanol–water partition coefficient (Wildman–Crippen LogP) is 2.30. The van der Waals surface area contributed by atoms with Crippen molar-refractivity contribution < 1.29 is 23.2 Å². The molecule has 1 N–H and O–H groups in total. The minimum Gasteiger partial charge on any atom is -0.467 e. The van der Waals surface area contributed by atoms with E-state index in [1.165, 1.54) is 12.3 Å². The quantitative estimate of drug-likeness (QED) is 0.666. The van der Waals surface area contributed by atoms with Gasteiger partial charge in [-0.15, -0.1) is 0 Å². The van der Waals surface area contributed by atoms with Crippen molar-refractivity contribution in [1.29, 1.82) is 0 Å². The Bertz CT molecular complexity index is 775. The van der Waals surface area contributed by atoms with Crippen LogP contribution in [0.5, 0.6) is 0 Å². The van der Waals surface area contributed by atoms with Crippen LogP contribution >= 0.6 is 15.9 Å². The van der Waals surface area contributed by atoms with Gasteiger partial charge in [-0.1, -0.05) is 0 Å². The number of imide groups is 2. The lowest BCUT2D eigenvalue weighted by molar-refractivity contribution is -0.130. The van der Waals surface area contributed by atoms with Gasteiger partial charge in [0.25, 0.3) is 11.8 Å². The number of barbiturate groups is 1. The van der Waals surface area contributed by atoms with Gasteiger partial charge in [-0.3, -0.25) is 19.8 Å². The Morgan fingerprint density at radius 1 is 1.23 bits per heavy atom. The number of rotatable bonds is 3. The van der Waals surface area contributed by atoms with Crippen LogP contribution in [-0.2, 0) is 16.1 Å². The first-order chi connectivity index (χ1) is 10.5. The molecule has 1 aliphatic rings. The molecule has 7 nitrogen and oxygen atoms in total. The van der Waals surface area contributed by atoms with Crippen LogP contribution in [0, 0.1) is 0 Å². The van der Waals surface area contributed by atoms with E-state index in [-0.39, 0.29) is 12.1 Å². The summed E-state index contributed by atoms with van der Waals surface area (Å²) in [5, 5.41) is 2.11. The Morgan fingerprint density at radius 2 is 2.05 bits per heavy atom. The molecule has 0 aromatic carbocycles. The van der Waals surface area contributed by atoms with Crippen molar-refractivity contribution in [2.45, 2.75) is 6.54 Å². The molecule has 0 atom stereocenters. The maximum atomic E-state index is 12.4. The summed E-state index contributed by atoms with van der Waals surface area (Å²) in [6.07, 6.45) is 2.72. The number of urea groups is 1. The number of hydrogen-bond acceptors (Lipinski definition) is 5. The SMILES string of the molecule is O=C1NC(=O)N(Cc2ccco2)C(=O)/C1=C\c1ccc(Br)o1. The molecule has 1 saturated heterocycles. The van der Waals surface area contributed by atoms with Gasteiger partial charge in [0, 0.05) is 0 Å². The van der Waals surface area contributed by atoms with E-state index in [2.05, 4.69) is 21.2 Å². The van der Waals surface area contributed by atoms with E-state index < -0.39 is 17.8 Å². The van der Waals surface area contributed by atoms with Gasteiger partial charge < -0.3 is 8.83 Å². The van der Waals surface area contributed by atoms with Crippen LogP contribution in [0.4, 0.5) is 4.79 Å². The molecule has 1 fully saturated rings. The first kappa shape index (κ1) is 14.3. The maximum absolute atomic E-state index is 12.4. The third-order valence-electron chi connectivity index (χ3n) is 2.96. The lowest BCUT2D eigenvalue weighted by atomic mass is 10.1. The van der Waals surface area contributed by atoms with Gasteiger partial charge >= 0.3 is 6.03 Å². The van der Waals surface area contributed by atoms with Gasteiger partial charge in [0.05, 0.1) is 12.8 Å². The van der Waals surface area contributed by atoms with Gasteiger partial charge in [-0.25, -0.2) is 4.79 Å². The molecule has 0 saturated carbocycles. The van der Waals surface area contributed by atoms with Crippen LogP contribution in [0.2, 0.25) is 0 Å². The number of nitrogens with zero attached hydrogens (tertiary/aromatic N) is 1. The van der Waals surface area contributed by atoms with Crippen LogP contribution in [0.1, 0.15) is 11.5 Å². The monoisotopic (exact) mass is 364 g/mol. The molecule has 0 spiro atoms. The predicted molar refractivity (Wildman–Crippen MR) is 77.2 cm³/mol. The highest BCUT2D eigenvalue weighted by molar-refractivity contribution is 9.10. The van der Waals surface area contributed by atoms with E-state index in [0.717, 1.165) is 4.90 Å². The van der Waals surface area contributed by atoms with E-state index in [4.69, 9.17) is 8.83 Å². The third-order valence-corrected chi connectivity index (χ3v) is 3.39. The molecule has 1 aliphatic heterocycles. The fraction of sp³-hybridized carbons (Fsp3) is 0.0714. The van der Waals surface area contributed by atoms with E-state index in [0.29, 0.717) is 16.2 Å². The molecule has 0 radical (unpaired) electrons. The number of amides is 4. The molecule has 2 aromatic heterocycles. The number of furan rings is 2. The molecular formula is C14H9BrN2O5. The van der Waals surface area contributed by atoms with Crippen LogP contribution in [0.15, 0.2) is 49.6 Å². The highest BCUT2D eigenvalue weighted by Crippen LogP contribution is 2.20. The van der Waals surface area contributed by atoms with Crippen molar-refractivity contribution in [3.63, 3.8) is 0 Å². The van der Waals surface area contributed by atoms with E-state index in [1.807, 2.05) is 0 Å². The Labute approximate surface area is 132 Å². The molecule has 22 heavy (non-hydrogen) atoms. The molecule has 0 bridgehead atoms. The average Bonchev–Trinajstić information content (AvgIpc) is 3.11. The zero-order valence-electron chi connectivity index (χ0n) is 11.0. The second-order valence-electron chi connectivity index (χ2n) is 4.43. The largest absolute Gasteiger partial charge is 0.467 e. The van der Waals surface area contributed by atoms with Crippen molar-refractivity contribution in [1.82, 2.24) is 10.2 Å². The van der Waals surface area contributed by atoms with Crippen molar-refractivity contribution in [3.05, 3.63) is 52.3 Å². The molecule has 4 amide bonds. The molecule has 2 aromatic rings. The van der Waals surface area contributed by atoms with Crippen molar-refractivity contribution in [3.8, 4) is 0 Å². The third kappa shape index (κ3) is 2.73. The topological polar surface area (TPSA) is 92.8 Å². The van der Waals surface area contributed by atoms with Crippen molar-refractivity contribution in [2.75, 3.05) is 0 Å². The second-order valence-corrected chi connectivity index (χ2v) is 5.21. The molecule has 3 heterocycles. The van der Waals surface area contributed by atoms with Gasteiger partial charge in [-0.2, -0.15) is 0 Å². The van der Waals surface area contributed by atoms with Crippen LogP contribution in [0.25, 0.3) is 6.08 Å². The minimum atomic E-state index is -0.788. The summed E-state index contributed by atoms with van der Waals surface area (Å²) in [5.41, 5.74) is -0.187. The zero-order valence-corrected chi connectivity index (χ0v) is 12.6. The first-order valence-corrected chi connectivity index (χ1v) is 7.00. The first-order valence-electron chi connectivity index (χ1n) is 6.21. The number of carbonyl (C=O) groups is 3. The molecular weight excluding hydrogens is 356 g/mol. The Kier molecular flexibility index (Phi) is 3.68. The molecule has 0 aliphatic carbocycles. The lowest BCUT2D eigenvalue weighted by Gasteiger charge is -2.25. The Balaban J connectivity index is 1.90. The Hall–Kier alpha value is -2.61. The second kappa shape index (κ2) is 5.64. The zero-order chi connectivity index (χ0) is 15.7. The number of halogens is 1. The van der Waals surface area contributed by atoms with Crippen molar-refractivity contribution in [2.24, 2.45) is 0 Å². The van der Waals surface area contributed by atoms with Crippen LogP contribution in [0.3, 0.4) is 0 Å². The summed E-state index contributed by atoms with van der Waals surface area (Å²) < 4.78 is 10.8. The number of hydrogen-bond donors (Lipinski definition) is 1. The van der Waals surface area contributed by atoms with Gasteiger partial charge in [-0.05, 0) is 46.3 Å². The fourth-order valence-corrected chi connectivity index (χ4v) is 2.26. The summed E-state index contributed by atoms with van der Waals surface area (Å²) in [7, 11) is 0. The van der Waals surface area contributed by atoms with Gasteiger partial charge in [0.2, 0.25) is 0 Å². The molecule has 8 heteroatoms. The average molecular weight is 365 g/mol. The standard InChI is InChI=1S/C14H9BrN2O5/c15-11-4-3-8(22-11)6-10-12(18)16-14(20)17(13(10)19)7-9-2-1-5-21-9/h1-6H,7H2,(H,16,18,20)/b10-6-. The van der Waals surface area contributed by atoms with Crippen molar-refractivity contribution >= 4 is 39.9 Å². The lowest BCUT2D eigenvalue weighted by Crippen LogP contribution is -2.53. The molecule has 112 valence electrons. The van der Waals surface area contributed by atoms with Crippen LogP contribution in [-0.4, -0.2) is 22.7 Å². The van der Waals surface area contributed by atoms with Crippen LogP contribution < -0.4 is 5.32 Å².